The van der Waals surface area contributed by atoms with E-state index in [1.807, 2.05) is 12.1 Å². The van der Waals surface area contributed by atoms with E-state index in [1.165, 1.54) is 38.2 Å². The van der Waals surface area contributed by atoms with E-state index in [0.29, 0.717) is 22.1 Å². The number of benzene rings is 2. The summed E-state index contributed by atoms with van der Waals surface area (Å²) >= 11 is 0. The minimum absolute atomic E-state index is 0.0862. The van der Waals surface area contributed by atoms with Crippen LogP contribution in [-0.4, -0.2) is 31.8 Å². The van der Waals surface area contributed by atoms with Gasteiger partial charge in [-0.2, -0.15) is 13.2 Å². The van der Waals surface area contributed by atoms with Gasteiger partial charge in [-0.1, -0.05) is 37.5 Å². The lowest BCUT2D eigenvalue weighted by Gasteiger charge is -2.33. The SMILES string of the molecule is CN(c1ccc(C(=O)NC2=Cc3ccccc3N(C(F)(F)F)C2)cc1)C1CCCCC1. The van der Waals surface area contributed by atoms with Gasteiger partial charge in [0.2, 0.25) is 0 Å². The van der Waals surface area contributed by atoms with E-state index in [1.54, 1.807) is 36.4 Å². The lowest BCUT2D eigenvalue weighted by atomic mass is 9.94. The van der Waals surface area contributed by atoms with Crippen LogP contribution in [0.3, 0.4) is 0 Å². The number of carbonyl (C=O) groups is 1. The second-order valence-corrected chi connectivity index (χ2v) is 8.19. The summed E-state index contributed by atoms with van der Waals surface area (Å²) in [7, 11) is 2.07. The summed E-state index contributed by atoms with van der Waals surface area (Å²) in [5.74, 6) is -0.417. The van der Waals surface area contributed by atoms with Crippen molar-refractivity contribution in [3.63, 3.8) is 0 Å². The van der Waals surface area contributed by atoms with Crippen molar-refractivity contribution in [1.29, 1.82) is 0 Å². The van der Waals surface area contributed by atoms with E-state index >= 15 is 0 Å². The second kappa shape index (κ2) is 8.65. The first-order valence-corrected chi connectivity index (χ1v) is 10.6. The van der Waals surface area contributed by atoms with Gasteiger partial charge in [0.25, 0.3) is 5.91 Å². The van der Waals surface area contributed by atoms with Gasteiger partial charge < -0.3 is 10.2 Å². The van der Waals surface area contributed by atoms with Crippen molar-refractivity contribution < 1.29 is 18.0 Å². The van der Waals surface area contributed by atoms with Crippen LogP contribution in [0.15, 0.2) is 54.2 Å². The third kappa shape index (κ3) is 4.70. The molecule has 0 bridgehead atoms. The van der Waals surface area contributed by atoms with Crippen LogP contribution >= 0.6 is 0 Å². The van der Waals surface area contributed by atoms with Gasteiger partial charge in [-0.25, -0.2) is 0 Å². The maximum absolute atomic E-state index is 13.5. The number of fused-ring (bicyclic) bond motifs is 1. The standard InChI is InChI=1S/C24H26F3N3O/c1-29(20-8-3-2-4-9-20)21-13-11-17(12-14-21)23(31)28-19-15-18-7-5-6-10-22(18)30(16-19)24(25,26)27/h5-7,10-15,20H,2-4,8-9,16H2,1H3,(H,28,31). The fraction of sp³-hybridized carbons (Fsp3) is 0.375. The summed E-state index contributed by atoms with van der Waals surface area (Å²) in [6.07, 6.45) is 3.17. The predicted molar refractivity (Wildman–Crippen MR) is 117 cm³/mol. The maximum atomic E-state index is 13.5. The zero-order valence-corrected chi connectivity index (χ0v) is 17.5. The Hall–Kier alpha value is -2.96. The average Bonchev–Trinajstić information content (AvgIpc) is 2.78. The molecule has 4 nitrogen and oxygen atoms in total. The molecule has 0 unspecified atom stereocenters. The first-order chi connectivity index (χ1) is 14.8. The molecular formula is C24H26F3N3O. The molecule has 4 rings (SSSR count). The molecule has 1 aliphatic heterocycles. The van der Waals surface area contributed by atoms with Crippen LogP contribution < -0.4 is 15.1 Å². The van der Waals surface area contributed by atoms with Gasteiger partial charge >= 0.3 is 6.30 Å². The number of hydrogen-bond acceptors (Lipinski definition) is 3. The highest BCUT2D eigenvalue weighted by Crippen LogP contribution is 2.35. The molecule has 7 heteroatoms. The number of nitrogens with zero attached hydrogens (tertiary/aromatic N) is 2. The summed E-state index contributed by atoms with van der Waals surface area (Å²) in [4.78, 5) is 15.3. The van der Waals surface area contributed by atoms with E-state index < -0.39 is 18.8 Å². The number of rotatable bonds is 4. The molecule has 0 aromatic heterocycles. The van der Waals surface area contributed by atoms with Gasteiger partial charge in [-0.05, 0) is 54.8 Å². The Morgan fingerprint density at radius 1 is 1.03 bits per heavy atom. The molecule has 1 aliphatic carbocycles. The third-order valence-corrected chi connectivity index (χ3v) is 6.13. The highest BCUT2D eigenvalue weighted by atomic mass is 19.4. The molecule has 164 valence electrons. The smallest absolute Gasteiger partial charge is 0.372 e. The molecule has 2 aromatic rings. The lowest BCUT2D eigenvalue weighted by molar-refractivity contribution is -0.128. The zero-order valence-electron chi connectivity index (χ0n) is 17.5. The second-order valence-electron chi connectivity index (χ2n) is 8.19. The minimum Gasteiger partial charge on any atom is -0.372 e. The lowest BCUT2D eigenvalue weighted by Crippen LogP contribution is -2.44. The summed E-state index contributed by atoms with van der Waals surface area (Å²) in [5.41, 5.74) is 2.18. The fourth-order valence-electron chi connectivity index (χ4n) is 4.39. The van der Waals surface area contributed by atoms with E-state index in [4.69, 9.17) is 0 Å². The number of anilines is 2. The summed E-state index contributed by atoms with van der Waals surface area (Å²) < 4.78 is 40.5. The van der Waals surface area contributed by atoms with E-state index in [0.717, 1.165) is 5.69 Å². The van der Waals surface area contributed by atoms with Crippen LogP contribution in [0.2, 0.25) is 0 Å². The average molecular weight is 429 g/mol. The highest BCUT2D eigenvalue weighted by Gasteiger charge is 2.40. The Bertz CT molecular complexity index is 963. The number of hydrogen-bond donors (Lipinski definition) is 1. The predicted octanol–water partition coefficient (Wildman–Crippen LogP) is 5.57. The molecule has 1 saturated carbocycles. The molecule has 31 heavy (non-hydrogen) atoms. The van der Waals surface area contributed by atoms with E-state index in [2.05, 4.69) is 17.3 Å². The molecule has 1 fully saturated rings. The van der Waals surface area contributed by atoms with Crippen LogP contribution in [-0.2, 0) is 0 Å². The molecule has 2 aliphatic rings. The van der Waals surface area contributed by atoms with Crippen LogP contribution in [0.4, 0.5) is 24.5 Å². The van der Waals surface area contributed by atoms with Gasteiger partial charge in [-0.3, -0.25) is 9.69 Å². The van der Waals surface area contributed by atoms with Crippen LogP contribution in [0.1, 0.15) is 48.0 Å². The van der Waals surface area contributed by atoms with Gasteiger partial charge in [0.1, 0.15) is 0 Å². The zero-order chi connectivity index (χ0) is 22.0. The number of amides is 1. The molecule has 1 N–H and O–H groups in total. The molecule has 2 aromatic carbocycles. The Morgan fingerprint density at radius 3 is 2.39 bits per heavy atom. The number of halogens is 3. The molecule has 1 amide bonds. The van der Waals surface area contributed by atoms with Gasteiger partial charge in [0.05, 0.1) is 12.2 Å². The van der Waals surface area contributed by atoms with E-state index in [-0.39, 0.29) is 11.4 Å². The maximum Gasteiger partial charge on any atom is 0.485 e. The van der Waals surface area contributed by atoms with Gasteiger partial charge in [0.15, 0.2) is 0 Å². The van der Waals surface area contributed by atoms with Crippen molar-refractivity contribution in [2.45, 2.75) is 44.4 Å². The van der Waals surface area contributed by atoms with E-state index in [9.17, 15) is 18.0 Å². The molecular weight excluding hydrogens is 403 g/mol. The third-order valence-electron chi connectivity index (χ3n) is 6.13. The Kier molecular flexibility index (Phi) is 5.94. The summed E-state index contributed by atoms with van der Waals surface area (Å²) in [5, 5.41) is 2.66. The van der Waals surface area contributed by atoms with Crippen LogP contribution in [0.25, 0.3) is 6.08 Å². The van der Waals surface area contributed by atoms with Crippen LogP contribution in [0.5, 0.6) is 0 Å². The van der Waals surface area contributed by atoms with Gasteiger partial charge in [0, 0.05) is 30.0 Å². The molecule has 1 heterocycles. The van der Waals surface area contributed by atoms with Crippen molar-refractivity contribution in [3.8, 4) is 0 Å². The Balaban J connectivity index is 1.47. The monoisotopic (exact) mass is 429 g/mol. The molecule has 0 saturated heterocycles. The fourth-order valence-corrected chi connectivity index (χ4v) is 4.39. The minimum atomic E-state index is -4.54. The van der Waals surface area contributed by atoms with Crippen molar-refractivity contribution >= 4 is 23.4 Å². The number of carbonyl (C=O) groups excluding carboxylic acids is 1. The Morgan fingerprint density at radius 2 is 1.71 bits per heavy atom. The molecule has 0 atom stereocenters. The quantitative estimate of drug-likeness (QED) is 0.646. The topological polar surface area (TPSA) is 35.6 Å². The normalized spacial score (nSPS) is 17.0. The molecule has 0 radical (unpaired) electrons. The first-order valence-electron chi connectivity index (χ1n) is 10.6. The van der Waals surface area contributed by atoms with Crippen molar-refractivity contribution in [2.24, 2.45) is 0 Å². The number of nitrogens with one attached hydrogen (secondary N) is 1. The summed E-state index contributed by atoms with van der Waals surface area (Å²) in [6, 6.07) is 14.0. The summed E-state index contributed by atoms with van der Waals surface area (Å²) in [6.45, 7) is -0.436. The molecule has 0 spiro atoms. The van der Waals surface area contributed by atoms with Crippen molar-refractivity contribution in [1.82, 2.24) is 5.32 Å². The van der Waals surface area contributed by atoms with Gasteiger partial charge in [-0.15, -0.1) is 0 Å². The first kappa shape index (κ1) is 21.3. The Labute approximate surface area is 180 Å². The van der Waals surface area contributed by atoms with Crippen molar-refractivity contribution in [2.75, 3.05) is 23.4 Å². The largest absolute Gasteiger partial charge is 0.485 e. The van der Waals surface area contributed by atoms with Crippen LogP contribution in [0, 0.1) is 0 Å². The number of alkyl halides is 3. The van der Waals surface area contributed by atoms with Crippen molar-refractivity contribution in [3.05, 3.63) is 65.4 Å². The highest BCUT2D eigenvalue weighted by molar-refractivity contribution is 5.96. The number of para-hydroxylation sites is 1.